The Labute approximate surface area is 213 Å². The molecule has 1 fully saturated rings. The van der Waals surface area contributed by atoms with E-state index in [4.69, 9.17) is 10.6 Å². The number of aliphatic carboxylic acids is 1. The van der Waals surface area contributed by atoms with Crippen LogP contribution in [0, 0.1) is 0 Å². The summed E-state index contributed by atoms with van der Waals surface area (Å²) in [6.07, 6.45) is 0. The normalized spacial score (nSPS) is 23.9. The van der Waals surface area contributed by atoms with Gasteiger partial charge in [0.1, 0.15) is 30.3 Å². The quantitative estimate of drug-likeness (QED) is 0.246. The van der Waals surface area contributed by atoms with E-state index >= 15 is 0 Å². The van der Waals surface area contributed by atoms with Crippen molar-refractivity contribution in [1.82, 2.24) is 10.2 Å². The number of thioether (sulfide) groups is 3. The number of carboxylic acids is 1. The van der Waals surface area contributed by atoms with Gasteiger partial charge in [-0.1, -0.05) is 59.0 Å². The standard InChI is InChI=1S/C21H21N5O6S3/c1-32-25-13(12-9-35-21(22)23-12)16(27)24-14-17(28)26-15(19(29)30)11(7-33-18(14)26)8-34-20(31)10-5-3-2-4-6-10/h2-6,12,14,18H,7-9H2,1H3,(H2,22,23)(H,24,27)(H,29,30)/b25-13+/t12?,14-,18-/m1/s1. The van der Waals surface area contributed by atoms with Gasteiger partial charge in [0.25, 0.3) is 11.8 Å². The van der Waals surface area contributed by atoms with Gasteiger partial charge in [-0.15, -0.1) is 11.8 Å². The van der Waals surface area contributed by atoms with Gasteiger partial charge in [0.2, 0.25) is 5.12 Å². The van der Waals surface area contributed by atoms with Crippen LogP contribution >= 0.6 is 35.3 Å². The van der Waals surface area contributed by atoms with Crippen molar-refractivity contribution in [1.29, 1.82) is 0 Å². The van der Waals surface area contributed by atoms with Gasteiger partial charge in [-0.05, 0) is 5.57 Å². The Morgan fingerprint density at radius 2 is 2.09 bits per heavy atom. The molecule has 1 saturated heterocycles. The van der Waals surface area contributed by atoms with E-state index in [2.05, 4.69) is 15.5 Å². The topological polar surface area (TPSA) is 164 Å². The summed E-state index contributed by atoms with van der Waals surface area (Å²) in [6, 6.07) is 7.13. The fraction of sp³-hybridized carbons (Fsp3) is 0.333. The van der Waals surface area contributed by atoms with E-state index in [-0.39, 0.29) is 22.3 Å². The molecule has 0 spiro atoms. The number of fused-ring (bicyclic) bond motifs is 1. The van der Waals surface area contributed by atoms with Gasteiger partial charge in [-0.25, -0.2) is 4.79 Å². The number of aliphatic imine (C=N–C) groups is 1. The van der Waals surface area contributed by atoms with Crippen LogP contribution in [0.1, 0.15) is 10.4 Å². The van der Waals surface area contributed by atoms with Gasteiger partial charge in [0.15, 0.2) is 10.9 Å². The second-order valence-corrected chi connectivity index (χ2v) is 10.6. The molecule has 1 unspecified atom stereocenters. The molecule has 1 aromatic rings. The molecule has 3 heterocycles. The number of benzene rings is 1. The molecule has 184 valence electrons. The van der Waals surface area contributed by atoms with Gasteiger partial charge in [0.05, 0.1) is 0 Å². The molecule has 3 aliphatic heterocycles. The molecule has 1 aromatic carbocycles. The van der Waals surface area contributed by atoms with E-state index < -0.39 is 35.2 Å². The van der Waals surface area contributed by atoms with Crippen LogP contribution in [0.15, 0.2) is 51.8 Å². The highest BCUT2D eigenvalue weighted by Gasteiger charge is 2.54. The number of rotatable bonds is 8. The molecule has 4 rings (SSSR count). The van der Waals surface area contributed by atoms with Crippen molar-refractivity contribution in [2.24, 2.45) is 15.9 Å². The van der Waals surface area contributed by atoms with E-state index in [0.29, 0.717) is 27.8 Å². The number of β-lactam (4-membered cyclic amide) rings is 1. The van der Waals surface area contributed by atoms with Crippen LogP contribution in [0.25, 0.3) is 0 Å². The molecule has 14 heteroatoms. The molecule has 3 aliphatic rings. The summed E-state index contributed by atoms with van der Waals surface area (Å²) in [5.41, 5.74) is 6.50. The third-order valence-corrected chi connectivity index (χ3v) is 8.55. The SMILES string of the molecule is CO/N=C(/C(=O)N[C@@H]1C(=O)N2C(C(=O)O)=C(CSC(=O)c3ccccc3)CS[C@H]12)C1CSC(N)=N1. The molecule has 0 radical (unpaired) electrons. The number of amides is 2. The number of nitrogens with one attached hydrogen (secondary N) is 1. The van der Waals surface area contributed by atoms with Crippen LogP contribution in [-0.4, -0.2) is 85.6 Å². The highest BCUT2D eigenvalue weighted by atomic mass is 32.2. The zero-order valence-corrected chi connectivity index (χ0v) is 20.8. The summed E-state index contributed by atoms with van der Waals surface area (Å²) in [5, 5.41) is 15.8. The van der Waals surface area contributed by atoms with Crippen LogP contribution in [0.3, 0.4) is 0 Å². The average molecular weight is 536 g/mol. The van der Waals surface area contributed by atoms with E-state index in [1.165, 1.54) is 35.5 Å². The number of oxime groups is 1. The van der Waals surface area contributed by atoms with Gasteiger partial charge in [-0.2, -0.15) is 0 Å². The molecular formula is C21H21N5O6S3. The van der Waals surface area contributed by atoms with Gasteiger partial charge >= 0.3 is 5.97 Å². The predicted molar refractivity (Wildman–Crippen MR) is 135 cm³/mol. The van der Waals surface area contributed by atoms with Crippen molar-refractivity contribution >= 4 is 69.1 Å². The molecule has 0 saturated carbocycles. The minimum atomic E-state index is -1.26. The number of nitrogens with zero attached hydrogens (tertiary/aromatic N) is 3. The number of hydrogen-bond donors (Lipinski definition) is 3. The molecule has 0 aliphatic carbocycles. The van der Waals surface area contributed by atoms with Crippen LogP contribution < -0.4 is 11.1 Å². The number of carbonyl (C=O) groups excluding carboxylic acids is 3. The molecule has 0 aromatic heterocycles. The maximum atomic E-state index is 12.9. The summed E-state index contributed by atoms with van der Waals surface area (Å²) < 4.78 is 0. The van der Waals surface area contributed by atoms with Crippen LogP contribution in [-0.2, 0) is 19.2 Å². The zero-order valence-electron chi connectivity index (χ0n) is 18.4. The van der Waals surface area contributed by atoms with Crippen molar-refractivity contribution in [2.75, 3.05) is 24.4 Å². The first-order valence-corrected chi connectivity index (χ1v) is 13.3. The molecule has 4 N–H and O–H groups in total. The Balaban J connectivity index is 1.45. The maximum absolute atomic E-state index is 12.9. The summed E-state index contributed by atoms with van der Waals surface area (Å²) in [5.74, 6) is -1.59. The largest absolute Gasteiger partial charge is 0.477 e. The Kier molecular flexibility index (Phi) is 7.72. The number of nitrogens with two attached hydrogens (primary N) is 1. The minimum Gasteiger partial charge on any atom is -0.477 e. The van der Waals surface area contributed by atoms with Crippen LogP contribution in [0.2, 0.25) is 0 Å². The Morgan fingerprint density at radius 3 is 2.71 bits per heavy atom. The summed E-state index contributed by atoms with van der Waals surface area (Å²) in [6.45, 7) is 0. The van der Waals surface area contributed by atoms with E-state index in [1.807, 2.05) is 0 Å². The van der Waals surface area contributed by atoms with E-state index in [0.717, 1.165) is 11.8 Å². The highest BCUT2D eigenvalue weighted by Crippen LogP contribution is 2.41. The van der Waals surface area contributed by atoms with Crippen molar-refractivity contribution in [3.05, 3.63) is 47.2 Å². The van der Waals surface area contributed by atoms with Crippen LogP contribution in [0.4, 0.5) is 0 Å². The van der Waals surface area contributed by atoms with Gasteiger partial charge in [0, 0.05) is 22.8 Å². The summed E-state index contributed by atoms with van der Waals surface area (Å²) in [7, 11) is 1.29. The molecule has 35 heavy (non-hydrogen) atoms. The third-order valence-electron chi connectivity index (χ3n) is 5.33. The van der Waals surface area contributed by atoms with Crippen molar-refractivity contribution in [3.8, 4) is 0 Å². The average Bonchev–Trinajstić information content (AvgIpc) is 3.29. The first-order valence-electron chi connectivity index (χ1n) is 10.3. The summed E-state index contributed by atoms with van der Waals surface area (Å²) >= 11 is 3.59. The van der Waals surface area contributed by atoms with Gasteiger partial charge < -0.3 is 21.0 Å². The van der Waals surface area contributed by atoms with E-state index in [1.54, 1.807) is 30.3 Å². The van der Waals surface area contributed by atoms with Crippen molar-refractivity contribution < 1.29 is 29.1 Å². The number of carbonyl (C=O) groups is 4. The lowest BCUT2D eigenvalue weighted by molar-refractivity contribution is -0.150. The lowest BCUT2D eigenvalue weighted by atomic mass is 10.0. The Bertz CT molecular complexity index is 1160. The molecule has 3 atom stereocenters. The molecular weight excluding hydrogens is 514 g/mol. The first kappa shape index (κ1) is 25.1. The van der Waals surface area contributed by atoms with E-state index in [9.17, 15) is 24.3 Å². The van der Waals surface area contributed by atoms with Crippen LogP contribution in [0.5, 0.6) is 0 Å². The number of amidine groups is 1. The zero-order chi connectivity index (χ0) is 25.1. The van der Waals surface area contributed by atoms with Crippen molar-refractivity contribution in [3.63, 3.8) is 0 Å². The fourth-order valence-electron chi connectivity index (χ4n) is 3.70. The second-order valence-electron chi connectivity index (χ2n) is 7.51. The third kappa shape index (κ3) is 5.18. The maximum Gasteiger partial charge on any atom is 0.352 e. The fourth-order valence-corrected chi connectivity index (χ4v) is 6.79. The number of hydrogen-bond acceptors (Lipinski definition) is 11. The monoisotopic (exact) mass is 535 g/mol. The van der Waals surface area contributed by atoms with Gasteiger partial charge in [-0.3, -0.25) is 24.3 Å². The number of carboxylic acid groups (broad SMARTS) is 1. The second kappa shape index (κ2) is 10.7. The summed E-state index contributed by atoms with van der Waals surface area (Å²) in [4.78, 5) is 60.3. The lowest BCUT2D eigenvalue weighted by Gasteiger charge is -2.49. The lowest BCUT2D eigenvalue weighted by Crippen LogP contribution is -2.71. The predicted octanol–water partition coefficient (Wildman–Crippen LogP) is 0.731. The Hall–Kier alpha value is -2.97. The Morgan fingerprint density at radius 1 is 1.34 bits per heavy atom. The minimum absolute atomic E-state index is 0.0157. The first-order chi connectivity index (χ1) is 16.8. The molecule has 11 nitrogen and oxygen atoms in total. The molecule has 0 bridgehead atoms. The van der Waals surface area contributed by atoms with Crippen molar-refractivity contribution in [2.45, 2.75) is 17.5 Å². The smallest absolute Gasteiger partial charge is 0.352 e. The molecule has 2 amide bonds. The highest BCUT2D eigenvalue weighted by molar-refractivity contribution is 8.14.